The fraction of sp³-hybridized carbons (Fsp3) is 0.429. The number of nitrogens with zero attached hydrogens (tertiary/aromatic N) is 3. The van der Waals surface area contributed by atoms with Gasteiger partial charge < -0.3 is 9.47 Å². The number of halogens is 1. The second kappa shape index (κ2) is 9.74. The van der Waals surface area contributed by atoms with Gasteiger partial charge in [-0.2, -0.15) is 0 Å². The number of amides is 1. The highest BCUT2D eigenvalue weighted by molar-refractivity contribution is 9.11. The molecule has 1 amide bonds. The van der Waals surface area contributed by atoms with Crippen molar-refractivity contribution in [2.24, 2.45) is 0 Å². The summed E-state index contributed by atoms with van der Waals surface area (Å²) >= 11 is 6.47. The number of benzene rings is 1. The number of fused-ring (bicyclic) bond motifs is 1. The van der Waals surface area contributed by atoms with E-state index in [1.165, 1.54) is 11.3 Å². The number of hydrogen-bond acceptors (Lipinski definition) is 7. The molecule has 0 radical (unpaired) electrons. The van der Waals surface area contributed by atoms with Gasteiger partial charge in [0, 0.05) is 26.2 Å². The van der Waals surface area contributed by atoms with E-state index < -0.39 is 0 Å². The topological polar surface area (TPSA) is 54.9 Å². The van der Waals surface area contributed by atoms with Crippen LogP contribution in [0.2, 0.25) is 0 Å². The molecule has 160 valence electrons. The van der Waals surface area contributed by atoms with Crippen LogP contribution < -0.4 is 9.64 Å². The van der Waals surface area contributed by atoms with Crippen molar-refractivity contribution >= 4 is 59.9 Å². The van der Waals surface area contributed by atoms with E-state index in [4.69, 9.17) is 14.5 Å². The third kappa shape index (κ3) is 4.70. The Bertz CT molecular complexity index is 1030. The molecule has 0 saturated carbocycles. The lowest BCUT2D eigenvalue weighted by Crippen LogP contribution is -2.39. The summed E-state index contributed by atoms with van der Waals surface area (Å²) in [6.45, 7) is 7.07. The number of methoxy groups -OCH3 is 1. The van der Waals surface area contributed by atoms with E-state index in [2.05, 4.69) is 27.8 Å². The number of thiophene rings is 1. The normalized spacial score (nSPS) is 14.9. The molecule has 30 heavy (non-hydrogen) atoms. The fourth-order valence-electron chi connectivity index (χ4n) is 3.50. The second-order valence-electron chi connectivity index (χ2n) is 7.13. The van der Waals surface area contributed by atoms with Gasteiger partial charge in [-0.05, 0) is 53.0 Å². The number of anilines is 1. The number of carbonyl (C=O) groups is 1. The number of thiazole rings is 1. The predicted octanol–water partition coefficient (Wildman–Crippen LogP) is 4.81. The van der Waals surface area contributed by atoms with Gasteiger partial charge in [-0.1, -0.05) is 17.4 Å². The average molecular weight is 510 g/mol. The standard InChI is InChI=1S/C21H24BrN3O3S2/c1-14-4-5-15(27-2)18-19(14)30-21(23-18)25(20(26)16-6-7-17(22)29-16)9-3-8-24-10-12-28-13-11-24/h4-7H,3,8-13H2,1-2H3. The Balaban J connectivity index is 1.61. The van der Waals surface area contributed by atoms with Crippen molar-refractivity contribution in [3.8, 4) is 5.75 Å². The molecule has 3 aromatic rings. The van der Waals surface area contributed by atoms with Gasteiger partial charge in [0.1, 0.15) is 11.3 Å². The maximum absolute atomic E-state index is 13.4. The molecule has 0 N–H and O–H groups in total. The van der Waals surface area contributed by atoms with E-state index in [1.54, 1.807) is 18.4 Å². The molecule has 1 fully saturated rings. The van der Waals surface area contributed by atoms with Crippen LogP contribution in [0, 0.1) is 6.92 Å². The van der Waals surface area contributed by atoms with E-state index in [9.17, 15) is 4.79 Å². The van der Waals surface area contributed by atoms with E-state index in [0.717, 1.165) is 64.6 Å². The summed E-state index contributed by atoms with van der Waals surface area (Å²) in [7, 11) is 1.65. The minimum absolute atomic E-state index is 0.0108. The molecule has 3 heterocycles. The van der Waals surface area contributed by atoms with Crippen molar-refractivity contribution < 1.29 is 14.3 Å². The van der Waals surface area contributed by atoms with Crippen LogP contribution in [-0.4, -0.2) is 62.3 Å². The molecule has 6 nitrogen and oxygen atoms in total. The second-order valence-corrected chi connectivity index (χ2v) is 10.6. The third-order valence-corrected chi connectivity index (χ3v) is 7.96. The van der Waals surface area contributed by atoms with Gasteiger partial charge in [-0.25, -0.2) is 4.98 Å². The van der Waals surface area contributed by atoms with Gasteiger partial charge in [0.2, 0.25) is 0 Å². The van der Waals surface area contributed by atoms with Crippen molar-refractivity contribution in [2.75, 3.05) is 51.4 Å². The number of aromatic nitrogens is 1. The molecule has 0 spiro atoms. The van der Waals surface area contributed by atoms with Crippen molar-refractivity contribution in [1.82, 2.24) is 9.88 Å². The Labute approximate surface area is 192 Å². The van der Waals surface area contributed by atoms with E-state index in [0.29, 0.717) is 16.6 Å². The molecule has 4 rings (SSSR count). The smallest absolute Gasteiger partial charge is 0.270 e. The highest BCUT2D eigenvalue weighted by Crippen LogP contribution is 2.37. The largest absolute Gasteiger partial charge is 0.494 e. The van der Waals surface area contributed by atoms with Gasteiger partial charge >= 0.3 is 0 Å². The van der Waals surface area contributed by atoms with Crippen molar-refractivity contribution in [1.29, 1.82) is 0 Å². The van der Waals surface area contributed by atoms with Crippen molar-refractivity contribution in [3.05, 3.63) is 38.5 Å². The van der Waals surface area contributed by atoms with Crippen LogP contribution in [0.15, 0.2) is 28.1 Å². The molecule has 1 aliphatic rings. The molecule has 0 aliphatic carbocycles. The first-order valence-electron chi connectivity index (χ1n) is 9.88. The van der Waals surface area contributed by atoms with Gasteiger partial charge in [-0.3, -0.25) is 14.6 Å². The van der Waals surface area contributed by atoms with Crippen LogP contribution in [-0.2, 0) is 4.74 Å². The van der Waals surface area contributed by atoms with Crippen molar-refractivity contribution in [2.45, 2.75) is 13.3 Å². The van der Waals surface area contributed by atoms with E-state index in [-0.39, 0.29) is 5.91 Å². The lowest BCUT2D eigenvalue weighted by molar-refractivity contribution is 0.0376. The highest BCUT2D eigenvalue weighted by atomic mass is 79.9. The summed E-state index contributed by atoms with van der Waals surface area (Å²) in [5, 5.41) is 0.717. The highest BCUT2D eigenvalue weighted by Gasteiger charge is 2.24. The zero-order chi connectivity index (χ0) is 21.1. The Morgan fingerprint density at radius 3 is 2.77 bits per heavy atom. The number of hydrogen-bond donors (Lipinski definition) is 0. The number of rotatable bonds is 7. The van der Waals surface area contributed by atoms with Gasteiger partial charge in [-0.15, -0.1) is 11.3 Å². The first kappa shape index (κ1) is 21.7. The van der Waals surface area contributed by atoms with Crippen LogP contribution in [0.1, 0.15) is 21.7 Å². The Morgan fingerprint density at radius 1 is 1.27 bits per heavy atom. The maximum atomic E-state index is 13.4. The molecule has 1 aliphatic heterocycles. The van der Waals surface area contributed by atoms with E-state index >= 15 is 0 Å². The number of ether oxygens (including phenoxy) is 2. The van der Waals surface area contributed by atoms with E-state index in [1.807, 2.05) is 29.2 Å². The van der Waals surface area contributed by atoms with Gasteiger partial charge in [0.25, 0.3) is 5.91 Å². The average Bonchev–Trinajstić information content (AvgIpc) is 3.39. The molecule has 0 bridgehead atoms. The summed E-state index contributed by atoms with van der Waals surface area (Å²) in [6, 6.07) is 7.74. The molecule has 1 aromatic carbocycles. The fourth-order valence-corrected chi connectivity index (χ4v) is 5.91. The monoisotopic (exact) mass is 509 g/mol. The number of aryl methyl sites for hydroxylation is 1. The number of morpholine rings is 1. The lowest BCUT2D eigenvalue weighted by atomic mass is 10.2. The first-order chi connectivity index (χ1) is 14.6. The summed E-state index contributed by atoms with van der Waals surface area (Å²) in [4.78, 5) is 23.1. The van der Waals surface area contributed by atoms with Crippen LogP contribution in [0.4, 0.5) is 5.13 Å². The lowest BCUT2D eigenvalue weighted by Gasteiger charge is -2.27. The summed E-state index contributed by atoms with van der Waals surface area (Å²) in [6.07, 6.45) is 0.879. The minimum atomic E-state index is -0.0108. The third-order valence-electron chi connectivity index (χ3n) is 5.13. The van der Waals surface area contributed by atoms with Gasteiger partial charge in [0.15, 0.2) is 5.13 Å². The first-order valence-corrected chi connectivity index (χ1v) is 12.3. The molecule has 1 saturated heterocycles. The Kier molecular flexibility index (Phi) is 7.05. The van der Waals surface area contributed by atoms with Crippen molar-refractivity contribution in [3.63, 3.8) is 0 Å². The number of carbonyl (C=O) groups excluding carboxylic acids is 1. The molecule has 9 heteroatoms. The minimum Gasteiger partial charge on any atom is -0.494 e. The Hall–Kier alpha value is -1.52. The van der Waals surface area contributed by atoms with Crippen LogP contribution >= 0.6 is 38.6 Å². The molecular formula is C21H24BrN3O3S2. The summed E-state index contributed by atoms with van der Waals surface area (Å²) < 4.78 is 12.9. The SMILES string of the molecule is COc1ccc(C)c2sc(N(CCCN3CCOCC3)C(=O)c3ccc(Br)s3)nc12. The zero-order valence-corrected chi connectivity index (χ0v) is 20.2. The quantitative estimate of drug-likeness (QED) is 0.457. The molecular weight excluding hydrogens is 486 g/mol. The predicted molar refractivity (Wildman–Crippen MR) is 126 cm³/mol. The summed E-state index contributed by atoms with van der Waals surface area (Å²) in [5.74, 6) is 0.723. The molecule has 2 aromatic heterocycles. The van der Waals surface area contributed by atoms with Gasteiger partial charge in [0.05, 0.1) is 33.7 Å². The van der Waals surface area contributed by atoms with Crippen LogP contribution in [0.3, 0.4) is 0 Å². The molecule has 0 atom stereocenters. The Morgan fingerprint density at radius 2 is 2.07 bits per heavy atom. The summed E-state index contributed by atoms with van der Waals surface area (Å²) in [5.41, 5.74) is 1.95. The molecule has 0 unspecified atom stereocenters. The van der Waals surface area contributed by atoms with Crippen LogP contribution in [0.25, 0.3) is 10.2 Å². The maximum Gasteiger partial charge on any atom is 0.270 e. The van der Waals surface area contributed by atoms with Crippen LogP contribution in [0.5, 0.6) is 5.75 Å². The zero-order valence-electron chi connectivity index (χ0n) is 17.0.